The summed E-state index contributed by atoms with van der Waals surface area (Å²) in [5.74, 6) is 1.03. The molecule has 0 radical (unpaired) electrons. The van der Waals surface area contributed by atoms with Crippen LogP contribution in [0.25, 0.3) is 228 Å². The van der Waals surface area contributed by atoms with Gasteiger partial charge in [0.05, 0.1) is 62.5 Å². The van der Waals surface area contributed by atoms with Gasteiger partial charge in [-0.25, -0.2) is 19.9 Å². The first kappa shape index (κ1) is 85.5. The van der Waals surface area contributed by atoms with E-state index in [0.29, 0.717) is 11.8 Å². The van der Waals surface area contributed by atoms with Crippen LogP contribution in [0.3, 0.4) is 0 Å². The minimum Gasteiger partial charge on any atom is -0.354 e. The third-order valence-corrected chi connectivity index (χ3v) is 29.4. The largest absolute Gasteiger partial charge is 0.354 e. The number of rotatable bonds is 15. The van der Waals surface area contributed by atoms with E-state index in [4.69, 9.17) is 19.9 Å². The number of benzene rings is 17. The molecular formula is C132H93BrN10. The topological polar surface area (TPSA) is 89.9 Å². The summed E-state index contributed by atoms with van der Waals surface area (Å²) < 4.78 is 12.3. The molecular weight excluding hydrogens is 1810 g/mol. The molecule has 0 aliphatic heterocycles. The molecule has 11 heteroatoms. The van der Waals surface area contributed by atoms with Gasteiger partial charge < -0.3 is 9.55 Å². The first-order valence-electron chi connectivity index (χ1n) is 49.2. The van der Waals surface area contributed by atoms with Crippen molar-refractivity contribution < 1.29 is 0 Å². The Morgan fingerprint density at radius 1 is 0.231 bits per heavy atom. The standard InChI is InChI=1S/C66H43N5.C47H37N3.C19H13BrN2/c1-5-17-45(18-6-1)61-57-43-56-53(32-31-52-41-51(35-38-55(52)56)44-27-29-46(30-28-44)62-65(49-21-9-3-10-22-49)69-39-15-13-25-59(69)67-62)42-58(57)71(64(61)48-19-7-2-8-20-48)54-36-33-47(34-37-54)63-66(50-23-11-4-12-24-50)70-40-16-14-26-60(70)68-63;1-4-12-32(13-5-1)44-41-30-40-38(29-42(41)48-45(44)33-14-6-2-7-15-33)24-23-37-28-36(25-26-39(37)40)31-19-21-34(22-20-31)46-47(35-16-8-3-9-17-35)50-27-11-10-18-43(50)49-46;20-16-11-9-14(10-12-16)18-19(15-6-2-1-3-7-15)22-13-5-4-8-17(22)21-18/h1-43H;1-18,23-31,34,48H,19-22H2;1-13H. The van der Waals surface area contributed by atoms with Crippen molar-refractivity contribution in [2.24, 2.45) is 0 Å². The van der Waals surface area contributed by atoms with Crippen LogP contribution >= 0.6 is 15.9 Å². The lowest BCUT2D eigenvalue weighted by Crippen LogP contribution is -2.13. The molecule has 1 fully saturated rings. The van der Waals surface area contributed by atoms with Crippen molar-refractivity contribution in [3.63, 3.8) is 0 Å². The Morgan fingerprint density at radius 2 is 0.580 bits per heavy atom. The first-order chi connectivity index (χ1) is 70.8. The Labute approximate surface area is 835 Å². The summed E-state index contributed by atoms with van der Waals surface area (Å²) in [4.78, 5) is 24.1. The van der Waals surface area contributed by atoms with E-state index in [-0.39, 0.29) is 0 Å². The lowest BCUT2D eigenvalue weighted by molar-refractivity contribution is 0.393. The van der Waals surface area contributed by atoms with Crippen molar-refractivity contribution in [2.75, 3.05) is 0 Å². The van der Waals surface area contributed by atoms with Crippen molar-refractivity contribution in [1.82, 2.24) is 47.1 Å². The van der Waals surface area contributed by atoms with E-state index >= 15 is 0 Å². The number of hydrogen-bond donors (Lipinski definition) is 1. The van der Waals surface area contributed by atoms with E-state index in [2.05, 4.69) is 493 Å². The van der Waals surface area contributed by atoms with Crippen molar-refractivity contribution in [1.29, 1.82) is 0 Å². The number of hydrogen-bond acceptors (Lipinski definition) is 4. The fourth-order valence-corrected chi connectivity index (χ4v) is 22.4. The second-order valence-electron chi connectivity index (χ2n) is 37.3. The second-order valence-corrected chi connectivity index (χ2v) is 38.2. The Morgan fingerprint density at radius 3 is 1.06 bits per heavy atom. The van der Waals surface area contributed by atoms with Crippen LogP contribution in [0.1, 0.15) is 48.8 Å². The van der Waals surface area contributed by atoms with Crippen molar-refractivity contribution in [3.8, 4) is 140 Å². The van der Waals surface area contributed by atoms with E-state index in [1.54, 1.807) is 0 Å². The number of nitrogens with one attached hydrogen (secondary N) is 1. The van der Waals surface area contributed by atoms with Gasteiger partial charge in [-0.2, -0.15) is 0 Å². The highest BCUT2D eigenvalue weighted by Crippen LogP contribution is 2.50. The SMILES string of the molecule is Brc1ccc(-c2nc3ccccn3c2-c2ccccc2)cc1.c1ccc(-c2[nH]c3cc4ccc5cc(C6CCC(c7nc8ccccn8c7-c7ccccc7)CC6)ccc5c4cc3c2-c2ccccc2)cc1.c1ccc(-c2c(-c3ccccc3)n(-c3ccc(-c4nc5ccccn5c4-c4ccccc4)cc3)c3cc4ccc5cc(-c6ccc(-c7nc8ccccn8c7-c7ccccc7)cc6)ccc5c4cc23)cc1. The van der Waals surface area contributed by atoms with E-state index in [9.17, 15) is 0 Å². The molecule has 1 N–H and O–H groups in total. The lowest BCUT2D eigenvalue weighted by Gasteiger charge is -2.29. The van der Waals surface area contributed by atoms with Crippen LogP contribution in [0.2, 0.25) is 0 Å². The normalized spacial score (nSPS) is 13.2. The van der Waals surface area contributed by atoms with E-state index in [1.807, 2.05) is 48.5 Å². The van der Waals surface area contributed by atoms with Crippen LogP contribution in [0, 0.1) is 0 Å². The zero-order chi connectivity index (χ0) is 94.8. The van der Waals surface area contributed by atoms with Gasteiger partial charge in [-0.15, -0.1) is 0 Å². The van der Waals surface area contributed by atoms with Crippen LogP contribution in [-0.4, -0.2) is 47.1 Å². The highest BCUT2D eigenvalue weighted by atomic mass is 79.9. The Balaban J connectivity index is 0.000000125. The molecule has 10 heterocycles. The van der Waals surface area contributed by atoms with Crippen molar-refractivity contribution >= 4 is 103 Å². The molecule has 1 saturated carbocycles. The number of aromatic amines is 1. The van der Waals surface area contributed by atoms with Gasteiger partial charge in [0.15, 0.2) is 0 Å². The predicted molar refractivity (Wildman–Crippen MR) is 596 cm³/mol. The number of nitrogens with zero attached hydrogens (tertiary/aromatic N) is 9. The third kappa shape index (κ3) is 15.8. The highest BCUT2D eigenvalue weighted by molar-refractivity contribution is 9.10. The summed E-state index contributed by atoms with van der Waals surface area (Å²) in [6.07, 6.45) is 13.1. The smallest absolute Gasteiger partial charge is 0.137 e. The van der Waals surface area contributed by atoms with Crippen LogP contribution in [0.4, 0.5) is 0 Å². The van der Waals surface area contributed by atoms with Crippen LogP contribution in [0.15, 0.2) is 502 Å². The van der Waals surface area contributed by atoms with E-state index < -0.39 is 0 Å². The number of imidazole rings is 4. The minimum absolute atomic E-state index is 0.467. The summed E-state index contributed by atoms with van der Waals surface area (Å²) >= 11 is 3.49. The maximum Gasteiger partial charge on any atom is 0.137 e. The lowest BCUT2D eigenvalue weighted by atomic mass is 9.76. The molecule has 678 valence electrons. The van der Waals surface area contributed by atoms with Gasteiger partial charge in [0.1, 0.15) is 22.6 Å². The Hall–Kier alpha value is -17.9. The molecule has 10 nitrogen and oxygen atoms in total. The van der Waals surface area contributed by atoms with Gasteiger partial charge >= 0.3 is 0 Å². The van der Waals surface area contributed by atoms with Gasteiger partial charge in [0.2, 0.25) is 0 Å². The Kier molecular flexibility index (Phi) is 22.0. The van der Waals surface area contributed by atoms with Crippen LogP contribution in [-0.2, 0) is 0 Å². The third-order valence-electron chi connectivity index (χ3n) is 28.9. The van der Waals surface area contributed by atoms with Gasteiger partial charge in [0, 0.05) is 107 Å². The number of pyridine rings is 4. The molecule has 0 atom stereocenters. The number of H-pyrrole nitrogens is 1. The zero-order valence-corrected chi connectivity index (χ0v) is 79.8. The predicted octanol–water partition coefficient (Wildman–Crippen LogP) is 34.9. The number of fused-ring (bicyclic) bond motifs is 12. The molecule has 27 aromatic rings. The van der Waals surface area contributed by atoms with Crippen molar-refractivity contribution in [3.05, 3.63) is 514 Å². The fourth-order valence-electron chi connectivity index (χ4n) is 22.1. The summed E-state index contributed by atoms with van der Waals surface area (Å²) in [6.45, 7) is 0. The average Bonchev–Trinajstić information content (AvgIpc) is 1.57. The molecule has 1 aliphatic rings. The average molecular weight is 1900 g/mol. The summed E-state index contributed by atoms with van der Waals surface area (Å²) in [5, 5.41) is 12.5. The zero-order valence-electron chi connectivity index (χ0n) is 78.2. The molecule has 0 amide bonds. The van der Waals surface area contributed by atoms with Gasteiger partial charge in [0.25, 0.3) is 0 Å². The maximum atomic E-state index is 5.21. The number of aromatic nitrogens is 10. The second kappa shape index (κ2) is 36.8. The molecule has 28 rings (SSSR count). The van der Waals surface area contributed by atoms with Gasteiger partial charge in [-0.05, 0) is 217 Å². The number of halogens is 1. The van der Waals surface area contributed by atoms with Crippen LogP contribution in [0.5, 0.6) is 0 Å². The molecule has 10 aromatic heterocycles. The summed E-state index contributed by atoms with van der Waals surface area (Å²) in [7, 11) is 0. The summed E-state index contributed by atoms with van der Waals surface area (Å²) in [6, 6.07) is 169. The van der Waals surface area contributed by atoms with E-state index in [1.165, 1.54) is 139 Å². The van der Waals surface area contributed by atoms with Gasteiger partial charge in [-0.3, -0.25) is 17.6 Å². The van der Waals surface area contributed by atoms with Crippen LogP contribution < -0.4 is 0 Å². The molecule has 17 aromatic carbocycles. The molecule has 0 spiro atoms. The molecule has 0 saturated heterocycles. The quantitative estimate of drug-likeness (QED) is 0.104. The fraction of sp³-hybridized carbons (Fsp3) is 0.0455. The Bertz CT molecular complexity index is 9420. The van der Waals surface area contributed by atoms with Crippen molar-refractivity contribution in [2.45, 2.75) is 37.5 Å². The van der Waals surface area contributed by atoms with E-state index in [0.717, 1.165) is 130 Å². The molecule has 143 heavy (non-hydrogen) atoms. The molecule has 0 unspecified atom stereocenters. The summed E-state index contributed by atoms with van der Waals surface area (Å²) in [5.41, 5.74) is 37.3. The minimum atomic E-state index is 0.467. The van der Waals surface area contributed by atoms with Gasteiger partial charge in [-0.1, -0.05) is 386 Å². The molecule has 0 bridgehead atoms. The first-order valence-corrected chi connectivity index (χ1v) is 50.0. The monoisotopic (exact) mass is 1900 g/mol. The molecule has 1 aliphatic carbocycles. The maximum absolute atomic E-state index is 5.21. The highest BCUT2D eigenvalue weighted by Gasteiger charge is 2.31.